The van der Waals surface area contributed by atoms with E-state index in [1.807, 2.05) is 0 Å². The Kier molecular flexibility index (Phi) is 8.01. The molecule has 8 heteroatoms. The van der Waals surface area contributed by atoms with Gasteiger partial charge < -0.3 is 14.8 Å². The number of carbonyl (C=O) groups excluding carboxylic acids is 1. The van der Waals surface area contributed by atoms with Crippen LogP contribution in [-0.2, 0) is 16.6 Å². The van der Waals surface area contributed by atoms with Crippen LogP contribution in [0.3, 0.4) is 0 Å². The van der Waals surface area contributed by atoms with Crippen LogP contribution < -0.4 is 19.1 Å². The summed E-state index contributed by atoms with van der Waals surface area (Å²) in [6.45, 7) is 0.847. The zero-order valence-electron chi connectivity index (χ0n) is 19.0. The molecule has 1 N–H and O–H groups in total. The van der Waals surface area contributed by atoms with Gasteiger partial charge in [0.25, 0.3) is 5.91 Å². The maximum Gasteiger partial charge on any atom is 0.251 e. The Bertz CT molecular complexity index is 1020. The molecular formula is C24H32N2O5S. The van der Waals surface area contributed by atoms with Crippen LogP contribution in [0.2, 0.25) is 0 Å². The van der Waals surface area contributed by atoms with Crippen LogP contribution in [0.15, 0.2) is 42.5 Å². The van der Waals surface area contributed by atoms with Crippen molar-refractivity contribution in [3.8, 4) is 11.5 Å². The lowest BCUT2D eigenvalue weighted by molar-refractivity contribution is 0.0943. The van der Waals surface area contributed by atoms with Gasteiger partial charge in [0, 0.05) is 18.2 Å². The van der Waals surface area contributed by atoms with Crippen LogP contribution in [0.1, 0.15) is 48.0 Å². The van der Waals surface area contributed by atoms with E-state index in [1.54, 1.807) is 42.5 Å². The van der Waals surface area contributed by atoms with Gasteiger partial charge in [0.05, 0.1) is 32.7 Å². The van der Waals surface area contributed by atoms with Gasteiger partial charge in [-0.2, -0.15) is 0 Å². The Hall–Kier alpha value is -2.74. The Morgan fingerprint density at radius 3 is 2.25 bits per heavy atom. The molecule has 3 rings (SSSR count). The lowest BCUT2D eigenvalue weighted by Gasteiger charge is -2.24. The standard InChI is InChI=1S/C24H32N2O5S/c1-30-22-14-13-21(15-23(22)31-2)26(32(3,28)29)17-19-9-11-20(12-10-19)24(27)25-16-18-7-5-4-6-8-18/h9-15,18H,4-8,16-17H2,1-3H3,(H,25,27). The average Bonchev–Trinajstić information content (AvgIpc) is 2.81. The van der Waals surface area contributed by atoms with E-state index in [0.717, 1.165) is 11.8 Å². The molecule has 32 heavy (non-hydrogen) atoms. The minimum absolute atomic E-state index is 0.0954. The third-order valence-corrected chi connectivity index (χ3v) is 7.01. The fourth-order valence-electron chi connectivity index (χ4n) is 4.04. The molecule has 0 radical (unpaired) electrons. The van der Waals surface area contributed by atoms with Crippen molar-refractivity contribution in [2.45, 2.75) is 38.6 Å². The van der Waals surface area contributed by atoms with Crippen LogP contribution in [-0.4, -0.2) is 41.3 Å². The van der Waals surface area contributed by atoms with Gasteiger partial charge in [0.2, 0.25) is 10.0 Å². The van der Waals surface area contributed by atoms with Crippen LogP contribution >= 0.6 is 0 Å². The summed E-state index contributed by atoms with van der Waals surface area (Å²) in [5, 5.41) is 3.03. The van der Waals surface area contributed by atoms with Crippen molar-refractivity contribution in [1.82, 2.24) is 5.32 Å². The summed E-state index contributed by atoms with van der Waals surface area (Å²) in [4.78, 5) is 12.5. The lowest BCUT2D eigenvalue weighted by atomic mass is 9.89. The molecule has 1 amide bonds. The van der Waals surface area contributed by atoms with E-state index in [0.29, 0.717) is 35.2 Å². The summed E-state index contributed by atoms with van der Waals surface area (Å²) in [6, 6.07) is 12.0. The van der Waals surface area contributed by atoms with Crippen LogP contribution in [0.4, 0.5) is 5.69 Å². The molecule has 2 aromatic carbocycles. The van der Waals surface area contributed by atoms with E-state index in [4.69, 9.17) is 9.47 Å². The minimum atomic E-state index is -3.55. The molecule has 174 valence electrons. The van der Waals surface area contributed by atoms with Gasteiger partial charge in [-0.25, -0.2) is 8.42 Å². The number of benzene rings is 2. The molecule has 2 aromatic rings. The number of nitrogens with zero attached hydrogens (tertiary/aromatic N) is 1. The van der Waals surface area contributed by atoms with Crippen molar-refractivity contribution in [1.29, 1.82) is 0 Å². The van der Waals surface area contributed by atoms with Gasteiger partial charge in [-0.15, -0.1) is 0 Å². The van der Waals surface area contributed by atoms with Gasteiger partial charge >= 0.3 is 0 Å². The van der Waals surface area contributed by atoms with Crippen molar-refractivity contribution >= 4 is 21.6 Å². The second-order valence-corrected chi connectivity index (χ2v) is 10.1. The topological polar surface area (TPSA) is 84.9 Å². The van der Waals surface area contributed by atoms with Gasteiger partial charge in [-0.3, -0.25) is 9.10 Å². The number of methoxy groups -OCH3 is 2. The summed E-state index contributed by atoms with van der Waals surface area (Å²) >= 11 is 0. The Balaban J connectivity index is 1.70. The van der Waals surface area contributed by atoms with E-state index in [-0.39, 0.29) is 12.5 Å². The first-order chi connectivity index (χ1) is 15.3. The lowest BCUT2D eigenvalue weighted by Crippen LogP contribution is -2.30. The molecule has 1 saturated carbocycles. The highest BCUT2D eigenvalue weighted by atomic mass is 32.2. The number of hydrogen-bond donors (Lipinski definition) is 1. The number of amides is 1. The molecule has 0 bridgehead atoms. The maximum absolute atomic E-state index is 12.5. The smallest absolute Gasteiger partial charge is 0.251 e. The van der Waals surface area contributed by atoms with Crippen molar-refractivity contribution < 1.29 is 22.7 Å². The number of hydrogen-bond acceptors (Lipinski definition) is 5. The minimum Gasteiger partial charge on any atom is -0.493 e. The maximum atomic E-state index is 12.5. The van der Waals surface area contributed by atoms with Gasteiger partial charge in [-0.05, 0) is 48.6 Å². The number of nitrogens with one attached hydrogen (secondary N) is 1. The van der Waals surface area contributed by atoms with Crippen LogP contribution in [0.5, 0.6) is 11.5 Å². The molecule has 0 aromatic heterocycles. The summed E-state index contributed by atoms with van der Waals surface area (Å²) in [7, 11) is -0.520. The third-order valence-electron chi connectivity index (χ3n) is 5.87. The quantitative estimate of drug-likeness (QED) is 0.612. The van der Waals surface area contributed by atoms with E-state index >= 15 is 0 Å². The molecule has 1 aliphatic carbocycles. The number of carbonyl (C=O) groups is 1. The Labute approximate surface area is 190 Å². The fraction of sp³-hybridized carbons (Fsp3) is 0.458. The van der Waals surface area contributed by atoms with Crippen molar-refractivity contribution in [3.63, 3.8) is 0 Å². The van der Waals surface area contributed by atoms with E-state index < -0.39 is 10.0 Å². The predicted octanol–water partition coefficient (Wildman–Crippen LogP) is 3.98. The van der Waals surface area contributed by atoms with Crippen molar-refractivity contribution in [2.24, 2.45) is 5.92 Å². The molecule has 1 fully saturated rings. The first-order valence-corrected chi connectivity index (χ1v) is 12.7. The summed E-state index contributed by atoms with van der Waals surface area (Å²) in [5.74, 6) is 1.44. The molecule has 0 unspecified atom stereocenters. The summed E-state index contributed by atoms with van der Waals surface area (Å²) in [5.41, 5.74) is 1.81. The number of ether oxygens (including phenoxy) is 2. The second-order valence-electron chi connectivity index (χ2n) is 8.22. The van der Waals surface area contributed by atoms with E-state index in [9.17, 15) is 13.2 Å². The molecule has 0 spiro atoms. The predicted molar refractivity (Wildman–Crippen MR) is 126 cm³/mol. The van der Waals surface area contributed by atoms with Crippen LogP contribution in [0, 0.1) is 5.92 Å². The number of sulfonamides is 1. The molecule has 7 nitrogen and oxygen atoms in total. The van der Waals surface area contributed by atoms with Gasteiger partial charge in [0.1, 0.15) is 0 Å². The molecule has 0 saturated heterocycles. The van der Waals surface area contributed by atoms with E-state index in [2.05, 4.69) is 5.32 Å². The average molecular weight is 461 g/mol. The summed E-state index contributed by atoms with van der Waals surface area (Å²) < 4.78 is 36.8. The van der Waals surface area contributed by atoms with Gasteiger partial charge in [0.15, 0.2) is 11.5 Å². The molecule has 0 heterocycles. The Morgan fingerprint density at radius 2 is 1.66 bits per heavy atom. The highest BCUT2D eigenvalue weighted by molar-refractivity contribution is 7.92. The first kappa shape index (κ1) is 23.9. The molecule has 1 aliphatic rings. The van der Waals surface area contributed by atoms with Crippen LogP contribution in [0.25, 0.3) is 0 Å². The first-order valence-electron chi connectivity index (χ1n) is 10.9. The Morgan fingerprint density at radius 1 is 1.00 bits per heavy atom. The molecular weight excluding hydrogens is 428 g/mol. The van der Waals surface area contributed by atoms with Gasteiger partial charge in [-0.1, -0.05) is 31.4 Å². The largest absolute Gasteiger partial charge is 0.493 e. The van der Waals surface area contributed by atoms with E-state index in [1.165, 1.54) is 50.6 Å². The molecule has 0 atom stereocenters. The molecule has 0 aliphatic heterocycles. The number of rotatable bonds is 9. The number of anilines is 1. The third kappa shape index (κ3) is 6.16. The second kappa shape index (κ2) is 10.7. The highest BCUT2D eigenvalue weighted by Crippen LogP contribution is 2.33. The highest BCUT2D eigenvalue weighted by Gasteiger charge is 2.20. The zero-order chi connectivity index (χ0) is 23.1. The normalized spacial score (nSPS) is 14.6. The zero-order valence-corrected chi connectivity index (χ0v) is 19.8. The van der Waals surface area contributed by atoms with Crippen molar-refractivity contribution in [2.75, 3.05) is 31.3 Å². The SMILES string of the molecule is COc1ccc(N(Cc2ccc(C(=O)NCC3CCCCC3)cc2)S(C)(=O)=O)cc1OC. The summed E-state index contributed by atoms with van der Waals surface area (Å²) in [6.07, 6.45) is 7.29. The fourth-order valence-corrected chi connectivity index (χ4v) is 4.92. The monoisotopic (exact) mass is 460 g/mol. The van der Waals surface area contributed by atoms with Crippen molar-refractivity contribution in [3.05, 3.63) is 53.6 Å².